The lowest BCUT2D eigenvalue weighted by Crippen LogP contribution is -2.08. The van der Waals surface area contributed by atoms with Gasteiger partial charge in [0, 0.05) is 6.42 Å². The van der Waals surface area contributed by atoms with Gasteiger partial charge in [0.1, 0.15) is 0 Å². The second-order valence-corrected chi connectivity index (χ2v) is 4.42. The van der Waals surface area contributed by atoms with Crippen LogP contribution in [0, 0.1) is 0 Å². The fourth-order valence-corrected chi connectivity index (χ4v) is 1.80. The molecule has 1 aromatic rings. The van der Waals surface area contributed by atoms with Crippen molar-refractivity contribution in [1.29, 1.82) is 0 Å². The Balaban J connectivity index is 2.47. The number of allylic oxidation sites excluding steroid dienone is 1. The Hall–Kier alpha value is -1.68. The van der Waals surface area contributed by atoms with Gasteiger partial charge in [-0.3, -0.25) is 0 Å². The third-order valence-corrected chi connectivity index (χ3v) is 2.68. The molecular weight excluding hydrogens is 268 g/mol. The lowest BCUT2D eigenvalue weighted by molar-refractivity contribution is -0.0872. The zero-order valence-corrected chi connectivity index (χ0v) is 13.3. The van der Waals surface area contributed by atoms with Crippen molar-refractivity contribution in [2.24, 2.45) is 0 Å². The fraction of sp³-hybridized carbons (Fsp3) is 0.529. The van der Waals surface area contributed by atoms with Crippen LogP contribution < -0.4 is 0 Å². The van der Waals surface area contributed by atoms with Crippen LogP contribution in [0.15, 0.2) is 42.0 Å². The van der Waals surface area contributed by atoms with Gasteiger partial charge in [-0.25, -0.2) is 0 Å². The third-order valence-electron chi connectivity index (χ3n) is 2.68. The van der Waals surface area contributed by atoms with Crippen LogP contribution in [0.5, 0.6) is 0 Å². The molecule has 0 saturated carbocycles. The summed E-state index contributed by atoms with van der Waals surface area (Å²) in [6, 6.07) is 9.98. The van der Waals surface area contributed by atoms with E-state index in [0.29, 0.717) is 25.8 Å². The van der Waals surface area contributed by atoms with Gasteiger partial charge in [-0.05, 0) is 25.8 Å². The lowest BCUT2D eigenvalue weighted by atomic mass is 10.2. The van der Waals surface area contributed by atoms with Crippen molar-refractivity contribution in [2.75, 3.05) is 20.0 Å². The summed E-state index contributed by atoms with van der Waals surface area (Å²) in [5.74, 6) is 1.19. The molecule has 4 nitrogen and oxygen atoms in total. The predicted octanol–water partition coefficient (Wildman–Crippen LogP) is 4.22. The summed E-state index contributed by atoms with van der Waals surface area (Å²) in [7, 11) is 0. The number of rotatable bonds is 11. The summed E-state index contributed by atoms with van der Waals surface area (Å²) in [4.78, 5) is 0. The van der Waals surface area contributed by atoms with Crippen LogP contribution in [0.25, 0.3) is 0 Å². The second-order valence-electron chi connectivity index (χ2n) is 4.42. The molecule has 0 radical (unpaired) electrons. The molecule has 1 rings (SSSR count). The molecule has 0 bridgehead atoms. The highest BCUT2D eigenvalue weighted by Gasteiger charge is 2.11. The van der Waals surface area contributed by atoms with Crippen LogP contribution >= 0.6 is 0 Å². The third kappa shape index (κ3) is 7.04. The minimum atomic E-state index is 0.143. The molecular formula is C17H26O4. The van der Waals surface area contributed by atoms with Crippen molar-refractivity contribution in [2.45, 2.75) is 40.2 Å². The van der Waals surface area contributed by atoms with Crippen molar-refractivity contribution in [3.8, 4) is 0 Å². The summed E-state index contributed by atoms with van der Waals surface area (Å²) < 4.78 is 22.2. The highest BCUT2D eigenvalue weighted by Crippen LogP contribution is 2.16. The smallest absolute Gasteiger partial charge is 0.321 e. The van der Waals surface area contributed by atoms with Gasteiger partial charge >= 0.3 is 5.95 Å². The number of benzene rings is 1. The molecule has 0 unspecified atom stereocenters. The van der Waals surface area contributed by atoms with Crippen molar-refractivity contribution in [3.63, 3.8) is 0 Å². The highest BCUT2D eigenvalue weighted by atomic mass is 16.7. The second kappa shape index (κ2) is 11.0. The number of hydrogen-bond acceptors (Lipinski definition) is 4. The molecule has 0 heterocycles. The topological polar surface area (TPSA) is 36.9 Å². The normalized spacial score (nSPS) is 11.8. The van der Waals surface area contributed by atoms with Crippen LogP contribution in [0.4, 0.5) is 0 Å². The van der Waals surface area contributed by atoms with Crippen LogP contribution in [-0.2, 0) is 25.6 Å². The number of ether oxygens (including phenoxy) is 4. The van der Waals surface area contributed by atoms with E-state index in [9.17, 15) is 0 Å². The first-order valence-corrected chi connectivity index (χ1v) is 7.54. The monoisotopic (exact) mass is 294 g/mol. The van der Waals surface area contributed by atoms with E-state index < -0.39 is 0 Å². The molecule has 0 N–H and O–H groups in total. The molecule has 0 atom stereocenters. The first kappa shape index (κ1) is 17.4. The quantitative estimate of drug-likeness (QED) is 0.348. The predicted molar refractivity (Wildman–Crippen MR) is 82.4 cm³/mol. The zero-order valence-electron chi connectivity index (χ0n) is 13.3. The number of hydrogen-bond donors (Lipinski definition) is 0. The van der Waals surface area contributed by atoms with Gasteiger partial charge in [0.05, 0.1) is 19.8 Å². The average Bonchev–Trinajstić information content (AvgIpc) is 2.51. The first-order valence-electron chi connectivity index (χ1n) is 7.54. The van der Waals surface area contributed by atoms with E-state index >= 15 is 0 Å². The maximum Gasteiger partial charge on any atom is 0.321 e. The van der Waals surface area contributed by atoms with Crippen molar-refractivity contribution in [3.05, 3.63) is 47.6 Å². The van der Waals surface area contributed by atoms with Crippen molar-refractivity contribution in [1.82, 2.24) is 0 Å². The van der Waals surface area contributed by atoms with Crippen molar-refractivity contribution >= 4 is 0 Å². The average molecular weight is 294 g/mol. The minimum Gasteiger partial charge on any atom is -0.491 e. The maximum atomic E-state index is 5.59. The molecule has 21 heavy (non-hydrogen) atoms. The van der Waals surface area contributed by atoms with Crippen LogP contribution in [-0.4, -0.2) is 20.0 Å². The minimum absolute atomic E-state index is 0.143. The van der Waals surface area contributed by atoms with E-state index in [-0.39, 0.29) is 6.79 Å². The SMILES string of the molecule is CCC/C(OCC)=C(\OCC)OCOCc1ccccc1. The van der Waals surface area contributed by atoms with Gasteiger partial charge < -0.3 is 18.9 Å². The zero-order chi connectivity index (χ0) is 15.3. The molecule has 4 heteroatoms. The van der Waals surface area contributed by atoms with E-state index in [0.717, 1.165) is 24.2 Å². The van der Waals surface area contributed by atoms with Gasteiger partial charge in [0.25, 0.3) is 0 Å². The summed E-state index contributed by atoms with van der Waals surface area (Å²) in [5, 5.41) is 0. The standard InChI is InChI=1S/C17H26O4/c1-4-10-16(19-5-2)17(20-6-3)21-14-18-13-15-11-8-7-9-12-15/h7-9,11-12H,4-6,10,13-14H2,1-3H3/b17-16-. The highest BCUT2D eigenvalue weighted by molar-refractivity contribution is 5.13. The molecule has 0 aliphatic rings. The maximum absolute atomic E-state index is 5.59. The van der Waals surface area contributed by atoms with Gasteiger partial charge in [-0.2, -0.15) is 0 Å². The summed E-state index contributed by atoms with van der Waals surface area (Å²) in [5.41, 5.74) is 1.11. The van der Waals surface area contributed by atoms with Crippen LogP contribution in [0.1, 0.15) is 39.2 Å². The first-order chi connectivity index (χ1) is 10.3. The Kier molecular flexibility index (Phi) is 9.13. The Morgan fingerprint density at radius 3 is 2.24 bits per heavy atom. The Morgan fingerprint density at radius 1 is 0.905 bits per heavy atom. The summed E-state index contributed by atoms with van der Waals surface area (Å²) in [6.07, 6.45) is 1.77. The van der Waals surface area contributed by atoms with Crippen molar-refractivity contribution < 1.29 is 18.9 Å². The Labute approximate surface area is 127 Å². The molecule has 118 valence electrons. The summed E-state index contributed by atoms with van der Waals surface area (Å²) >= 11 is 0. The Bertz CT molecular complexity index is 393. The van der Waals surface area contributed by atoms with Gasteiger partial charge in [0.2, 0.25) is 0 Å². The van der Waals surface area contributed by atoms with E-state index in [2.05, 4.69) is 6.92 Å². The van der Waals surface area contributed by atoms with Crippen LogP contribution in [0.3, 0.4) is 0 Å². The van der Waals surface area contributed by atoms with E-state index in [1.54, 1.807) is 0 Å². The van der Waals surface area contributed by atoms with Gasteiger partial charge in [0.15, 0.2) is 12.6 Å². The van der Waals surface area contributed by atoms with E-state index in [1.807, 2.05) is 44.2 Å². The molecule has 0 saturated heterocycles. The fourth-order valence-electron chi connectivity index (χ4n) is 1.80. The molecule has 0 fully saturated rings. The molecule has 0 spiro atoms. The molecule has 0 aliphatic heterocycles. The molecule has 0 amide bonds. The Morgan fingerprint density at radius 2 is 1.62 bits per heavy atom. The molecule has 0 aromatic heterocycles. The van der Waals surface area contributed by atoms with Crippen LogP contribution in [0.2, 0.25) is 0 Å². The van der Waals surface area contributed by atoms with Gasteiger partial charge in [-0.1, -0.05) is 37.3 Å². The summed E-state index contributed by atoms with van der Waals surface area (Å²) in [6.45, 7) is 7.75. The molecule has 1 aromatic carbocycles. The van der Waals surface area contributed by atoms with E-state index in [4.69, 9.17) is 18.9 Å². The van der Waals surface area contributed by atoms with Gasteiger partial charge in [-0.15, -0.1) is 0 Å². The lowest BCUT2D eigenvalue weighted by Gasteiger charge is -2.16. The van der Waals surface area contributed by atoms with E-state index in [1.165, 1.54) is 0 Å². The molecule has 0 aliphatic carbocycles. The largest absolute Gasteiger partial charge is 0.491 e.